The van der Waals surface area contributed by atoms with Gasteiger partial charge in [0.2, 0.25) is 0 Å². The van der Waals surface area contributed by atoms with Gasteiger partial charge in [0, 0.05) is 5.02 Å². The van der Waals surface area contributed by atoms with E-state index in [0.29, 0.717) is 27.9 Å². The first-order valence-electron chi connectivity index (χ1n) is 6.13. The third-order valence-electron chi connectivity index (χ3n) is 2.81. The van der Waals surface area contributed by atoms with Crippen molar-refractivity contribution in [1.82, 2.24) is 14.9 Å². The molecule has 0 aliphatic heterocycles. The van der Waals surface area contributed by atoms with Crippen molar-refractivity contribution >= 4 is 29.0 Å². The van der Waals surface area contributed by atoms with E-state index in [1.54, 1.807) is 30.5 Å². The number of furan rings is 1. The van der Waals surface area contributed by atoms with Gasteiger partial charge in [0.05, 0.1) is 17.7 Å². The lowest BCUT2D eigenvalue weighted by Gasteiger charge is -2.03. The SMILES string of the molecule is O=C(NCc1ccco1)c1nnsc1-c1ccc(Cl)cc1. The van der Waals surface area contributed by atoms with Gasteiger partial charge in [0.1, 0.15) is 5.76 Å². The van der Waals surface area contributed by atoms with E-state index in [4.69, 9.17) is 16.0 Å². The zero-order chi connectivity index (χ0) is 14.7. The number of nitrogens with one attached hydrogen (secondary N) is 1. The van der Waals surface area contributed by atoms with Gasteiger partial charge in [-0.15, -0.1) is 5.10 Å². The molecular weight excluding hydrogens is 310 g/mol. The Bertz CT molecular complexity index is 738. The number of aromatic nitrogens is 2. The molecule has 0 unspecified atom stereocenters. The summed E-state index contributed by atoms with van der Waals surface area (Å²) in [5, 5.41) is 7.30. The summed E-state index contributed by atoms with van der Waals surface area (Å²) in [5.41, 5.74) is 1.16. The summed E-state index contributed by atoms with van der Waals surface area (Å²) in [7, 11) is 0. The molecule has 1 amide bonds. The summed E-state index contributed by atoms with van der Waals surface area (Å²) in [4.78, 5) is 12.9. The zero-order valence-electron chi connectivity index (χ0n) is 10.7. The fourth-order valence-electron chi connectivity index (χ4n) is 1.79. The zero-order valence-corrected chi connectivity index (χ0v) is 12.3. The average molecular weight is 320 g/mol. The van der Waals surface area contributed by atoms with Crippen LogP contribution in [0.15, 0.2) is 47.1 Å². The molecular formula is C14H10ClN3O2S. The van der Waals surface area contributed by atoms with Crippen LogP contribution >= 0.6 is 23.1 Å². The van der Waals surface area contributed by atoms with E-state index >= 15 is 0 Å². The van der Waals surface area contributed by atoms with Crippen molar-refractivity contribution in [3.8, 4) is 10.4 Å². The fraction of sp³-hybridized carbons (Fsp3) is 0.0714. The monoisotopic (exact) mass is 319 g/mol. The first kappa shape index (κ1) is 13.8. The van der Waals surface area contributed by atoms with Crippen LogP contribution in [0.25, 0.3) is 10.4 Å². The third-order valence-corrected chi connectivity index (χ3v) is 3.84. The molecule has 3 rings (SSSR count). The normalized spacial score (nSPS) is 10.5. The summed E-state index contributed by atoms with van der Waals surface area (Å²) < 4.78 is 9.03. The van der Waals surface area contributed by atoms with Crippen LogP contribution in [-0.2, 0) is 6.54 Å². The molecule has 0 atom stereocenters. The third kappa shape index (κ3) is 3.12. The summed E-state index contributed by atoms with van der Waals surface area (Å²) >= 11 is 7.04. The van der Waals surface area contributed by atoms with Gasteiger partial charge in [-0.25, -0.2) is 0 Å². The number of rotatable bonds is 4. The Morgan fingerprint density at radius 3 is 2.81 bits per heavy atom. The maximum absolute atomic E-state index is 12.2. The highest BCUT2D eigenvalue weighted by molar-refractivity contribution is 7.09. The van der Waals surface area contributed by atoms with E-state index in [1.807, 2.05) is 12.1 Å². The lowest BCUT2D eigenvalue weighted by atomic mass is 10.1. The molecule has 1 aromatic carbocycles. The Kier molecular flexibility index (Phi) is 3.98. The number of benzene rings is 1. The average Bonchev–Trinajstić information content (AvgIpc) is 3.17. The fourth-order valence-corrected chi connectivity index (χ4v) is 2.59. The number of hydrogen-bond donors (Lipinski definition) is 1. The van der Waals surface area contributed by atoms with Crippen LogP contribution in [0.4, 0.5) is 0 Å². The van der Waals surface area contributed by atoms with Crippen LogP contribution in [0, 0.1) is 0 Å². The number of halogens is 1. The van der Waals surface area contributed by atoms with Crippen LogP contribution < -0.4 is 5.32 Å². The van der Waals surface area contributed by atoms with Crippen molar-refractivity contribution in [1.29, 1.82) is 0 Å². The highest BCUT2D eigenvalue weighted by Crippen LogP contribution is 2.27. The van der Waals surface area contributed by atoms with Crippen LogP contribution in [0.5, 0.6) is 0 Å². The molecule has 3 aromatic rings. The Morgan fingerprint density at radius 1 is 1.29 bits per heavy atom. The van der Waals surface area contributed by atoms with Gasteiger partial charge >= 0.3 is 0 Å². The molecule has 21 heavy (non-hydrogen) atoms. The second-order valence-corrected chi connectivity index (χ2v) is 5.41. The minimum atomic E-state index is -0.287. The van der Waals surface area contributed by atoms with E-state index in [9.17, 15) is 4.79 Å². The van der Waals surface area contributed by atoms with Crippen LogP contribution in [0.3, 0.4) is 0 Å². The van der Waals surface area contributed by atoms with Crippen molar-refractivity contribution < 1.29 is 9.21 Å². The first-order chi connectivity index (χ1) is 10.2. The van der Waals surface area contributed by atoms with E-state index in [-0.39, 0.29) is 5.91 Å². The van der Waals surface area contributed by atoms with Crippen molar-refractivity contribution in [2.75, 3.05) is 0 Å². The minimum absolute atomic E-state index is 0.287. The molecule has 2 heterocycles. The van der Waals surface area contributed by atoms with Gasteiger partial charge in [0.25, 0.3) is 5.91 Å². The number of nitrogens with zero attached hydrogens (tertiary/aromatic N) is 2. The predicted molar refractivity (Wildman–Crippen MR) is 80.2 cm³/mol. The van der Waals surface area contributed by atoms with Gasteiger partial charge < -0.3 is 9.73 Å². The van der Waals surface area contributed by atoms with E-state index in [0.717, 1.165) is 5.56 Å². The summed E-state index contributed by atoms with van der Waals surface area (Å²) in [6.45, 7) is 0.309. The van der Waals surface area contributed by atoms with Crippen LogP contribution in [-0.4, -0.2) is 15.5 Å². The molecule has 106 valence electrons. The quantitative estimate of drug-likeness (QED) is 0.800. The smallest absolute Gasteiger partial charge is 0.273 e. The summed E-state index contributed by atoms with van der Waals surface area (Å²) in [6, 6.07) is 10.8. The Morgan fingerprint density at radius 2 is 2.10 bits per heavy atom. The van der Waals surface area contributed by atoms with E-state index < -0.39 is 0 Å². The molecule has 0 fully saturated rings. The molecule has 0 bridgehead atoms. The predicted octanol–water partition coefficient (Wildman–Crippen LogP) is 3.38. The van der Waals surface area contributed by atoms with Crippen molar-refractivity contribution in [2.45, 2.75) is 6.54 Å². The second kappa shape index (κ2) is 6.07. The second-order valence-electron chi connectivity index (χ2n) is 4.22. The number of carbonyl (C=O) groups is 1. The number of hydrogen-bond acceptors (Lipinski definition) is 5. The molecule has 1 N–H and O–H groups in total. The van der Waals surface area contributed by atoms with Gasteiger partial charge in [-0.3, -0.25) is 4.79 Å². The molecule has 0 saturated carbocycles. The summed E-state index contributed by atoms with van der Waals surface area (Å²) in [6.07, 6.45) is 1.56. The number of carbonyl (C=O) groups excluding carboxylic acids is 1. The number of amides is 1. The lowest BCUT2D eigenvalue weighted by Crippen LogP contribution is -2.23. The van der Waals surface area contributed by atoms with Gasteiger partial charge in [0.15, 0.2) is 5.69 Å². The Hall–Kier alpha value is -2.18. The highest BCUT2D eigenvalue weighted by atomic mass is 35.5. The molecule has 7 heteroatoms. The molecule has 0 aliphatic rings. The maximum atomic E-state index is 12.2. The maximum Gasteiger partial charge on any atom is 0.273 e. The van der Waals surface area contributed by atoms with Crippen molar-refractivity contribution in [2.24, 2.45) is 0 Å². The standard InChI is InChI=1S/C14H10ClN3O2S/c15-10-5-3-9(4-6-10)13-12(17-18-21-13)14(19)16-8-11-2-1-7-20-11/h1-7H,8H2,(H,16,19). The molecule has 0 spiro atoms. The molecule has 0 radical (unpaired) electrons. The Balaban J connectivity index is 1.78. The van der Waals surface area contributed by atoms with E-state index in [1.165, 1.54) is 11.5 Å². The minimum Gasteiger partial charge on any atom is -0.467 e. The van der Waals surface area contributed by atoms with Crippen molar-refractivity contribution in [3.05, 3.63) is 59.1 Å². The summed E-state index contributed by atoms with van der Waals surface area (Å²) in [5.74, 6) is 0.393. The lowest BCUT2D eigenvalue weighted by molar-refractivity contribution is 0.0943. The van der Waals surface area contributed by atoms with Gasteiger partial charge in [-0.05, 0) is 41.4 Å². The topological polar surface area (TPSA) is 68.0 Å². The Labute approximate surface area is 129 Å². The van der Waals surface area contributed by atoms with E-state index in [2.05, 4.69) is 14.9 Å². The molecule has 5 nitrogen and oxygen atoms in total. The molecule has 0 aliphatic carbocycles. The van der Waals surface area contributed by atoms with Crippen LogP contribution in [0.1, 0.15) is 16.2 Å². The van der Waals surface area contributed by atoms with Crippen LogP contribution in [0.2, 0.25) is 5.02 Å². The first-order valence-corrected chi connectivity index (χ1v) is 7.28. The van der Waals surface area contributed by atoms with Crippen molar-refractivity contribution in [3.63, 3.8) is 0 Å². The largest absolute Gasteiger partial charge is 0.467 e. The highest BCUT2D eigenvalue weighted by Gasteiger charge is 2.17. The molecule has 2 aromatic heterocycles. The van der Waals surface area contributed by atoms with Gasteiger partial charge in [-0.1, -0.05) is 28.2 Å². The van der Waals surface area contributed by atoms with Gasteiger partial charge in [-0.2, -0.15) is 0 Å². The molecule has 0 saturated heterocycles.